The molecule has 4 aromatic rings. The number of amides is 1. The predicted octanol–water partition coefficient (Wildman–Crippen LogP) is 7.44. The van der Waals surface area contributed by atoms with E-state index >= 15 is 0 Å². The molecule has 0 aliphatic carbocycles. The molecular weight excluding hydrogens is 653 g/mol. The maximum absolute atomic E-state index is 13.6. The van der Waals surface area contributed by atoms with E-state index in [0.29, 0.717) is 30.2 Å². The number of rotatable bonds is 11. The van der Waals surface area contributed by atoms with E-state index < -0.39 is 23.8 Å². The number of hydrogen-bond donors (Lipinski definition) is 1. The van der Waals surface area contributed by atoms with Gasteiger partial charge in [-0.3, -0.25) is 9.69 Å². The van der Waals surface area contributed by atoms with E-state index in [9.17, 15) is 22.8 Å². The van der Waals surface area contributed by atoms with E-state index in [2.05, 4.69) is 15.1 Å². The lowest BCUT2D eigenvalue weighted by Crippen LogP contribution is -2.48. The molecule has 8 nitrogen and oxygen atoms in total. The summed E-state index contributed by atoms with van der Waals surface area (Å²) in [4.78, 5) is 32.9. The van der Waals surface area contributed by atoms with Crippen LogP contribution in [-0.4, -0.2) is 80.2 Å². The average Bonchev–Trinajstić information content (AvgIpc) is 3.08. The molecule has 1 fully saturated rings. The summed E-state index contributed by atoms with van der Waals surface area (Å²) < 4.78 is 52.2. The smallest absolute Gasteiger partial charge is 0.416 e. The highest BCUT2D eigenvalue weighted by Gasteiger charge is 2.33. The molecule has 2 heterocycles. The predicted molar refractivity (Wildman–Crippen MR) is 186 cm³/mol. The SMILES string of the molecule is CC(=O)Nc1ccc(OC(C)C(=O)OCCN2CCN(CCCN3c4ccccc4Sc4ccc(C(F)(F)F)cc43)CC2)c2ccccc12. The third-order valence-electron chi connectivity index (χ3n) is 8.76. The van der Waals surface area contributed by atoms with Gasteiger partial charge in [-0.2, -0.15) is 13.2 Å². The van der Waals surface area contributed by atoms with E-state index in [1.165, 1.54) is 24.8 Å². The molecule has 0 saturated carbocycles. The molecule has 1 unspecified atom stereocenters. The van der Waals surface area contributed by atoms with Crippen LogP contribution >= 0.6 is 11.8 Å². The number of ether oxygens (including phenoxy) is 2. The van der Waals surface area contributed by atoms with Gasteiger partial charge in [0.05, 0.1) is 16.9 Å². The number of fused-ring (bicyclic) bond motifs is 3. The summed E-state index contributed by atoms with van der Waals surface area (Å²) in [6.45, 7) is 8.79. The molecule has 2 aliphatic rings. The molecule has 49 heavy (non-hydrogen) atoms. The van der Waals surface area contributed by atoms with Crippen molar-refractivity contribution in [1.29, 1.82) is 0 Å². The Hall–Kier alpha value is -4.26. The first-order chi connectivity index (χ1) is 23.6. The van der Waals surface area contributed by atoms with E-state index in [4.69, 9.17) is 9.47 Å². The van der Waals surface area contributed by atoms with Gasteiger partial charge < -0.3 is 24.6 Å². The molecule has 2 aliphatic heterocycles. The van der Waals surface area contributed by atoms with Crippen LogP contribution < -0.4 is 15.0 Å². The van der Waals surface area contributed by atoms with Crippen LogP contribution in [0.25, 0.3) is 10.8 Å². The van der Waals surface area contributed by atoms with Gasteiger partial charge in [-0.05, 0) is 62.4 Å². The zero-order valence-corrected chi connectivity index (χ0v) is 28.3. The van der Waals surface area contributed by atoms with Crippen molar-refractivity contribution in [3.05, 3.63) is 84.4 Å². The first kappa shape index (κ1) is 34.6. The van der Waals surface area contributed by atoms with Crippen LogP contribution in [0.2, 0.25) is 0 Å². The summed E-state index contributed by atoms with van der Waals surface area (Å²) in [6.07, 6.45) is -4.41. The highest BCUT2D eigenvalue weighted by Crippen LogP contribution is 2.49. The fraction of sp³-hybridized carbons (Fsp3) is 0.351. The van der Waals surface area contributed by atoms with E-state index in [-0.39, 0.29) is 12.5 Å². The first-order valence-corrected chi connectivity index (χ1v) is 17.2. The molecule has 0 bridgehead atoms. The van der Waals surface area contributed by atoms with Crippen molar-refractivity contribution < 1.29 is 32.2 Å². The minimum Gasteiger partial charge on any atom is -0.478 e. The van der Waals surface area contributed by atoms with Crippen LogP contribution in [0.5, 0.6) is 5.75 Å². The van der Waals surface area contributed by atoms with E-state index in [0.717, 1.165) is 71.5 Å². The van der Waals surface area contributed by atoms with Gasteiger partial charge in [0.2, 0.25) is 5.91 Å². The number of nitrogens with one attached hydrogen (secondary N) is 1. The molecule has 4 aromatic carbocycles. The van der Waals surface area contributed by atoms with E-state index in [1.807, 2.05) is 53.4 Å². The maximum atomic E-state index is 13.6. The second-order valence-electron chi connectivity index (χ2n) is 12.2. The molecular formula is C37H39F3N4O4S. The van der Waals surface area contributed by atoms with Gasteiger partial charge in [-0.15, -0.1) is 0 Å². The molecule has 1 N–H and O–H groups in total. The number of esters is 1. The lowest BCUT2D eigenvalue weighted by Gasteiger charge is -2.36. The third kappa shape index (κ3) is 8.31. The molecule has 6 rings (SSSR count). The Kier molecular flexibility index (Phi) is 10.7. The molecule has 1 saturated heterocycles. The molecule has 0 spiro atoms. The standard InChI is InChI=1S/C37H39F3N4O4S/c1-25(48-33-14-13-30(41-26(2)45)28-8-3-4-9-29(28)33)36(46)47-23-22-43-20-18-42(19-21-43)16-7-17-44-31-10-5-6-11-34(31)49-35-15-12-27(24-32(35)44)37(38,39)40/h3-6,8-15,24-25H,7,16-23H2,1-2H3,(H,41,45). The molecule has 0 aromatic heterocycles. The number of carbonyl (C=O) groups excluding carboxylic acids is 2. The van der Waals surface area contributed by atoms with Crippen molar-refractivity contribution in [2.24, 2.45) is 0 Å². The average molecular weight is 693 g/mol. The molecule has 1 atom stereocenters. The van der Waals surface area contributed by atoms with Crippen LogP contribution in [-0.2, 0) is 20.5 Å². The summed E-state index contributed by atoms with van der Waals surface area (Å²) in [5.41, 5.74) is 1.58. The Morgan fingerprint density at radius 1 is 0.837 bits per heavy atom. The lowest BCUT2D eigenvalue weighted by molar-refractivity contribution is -0.151. The van der Waals surface area contributed by atoms with Gasteiger partial charge in [0.1, 0.15) is 12.4 Å². The van der Waals surface area contributed by atoms with Crippen molar-refractivity contribution in [2.75, 3.05) is 62.6 Å². The van der Waals surface area contributed by atoms with Crippen molar-refractivity contribution in [3.8, 4) is 5.75 Å². The number of piperazine rings is 1. The topological polar surface area (TPSA) is 74.3 Å². The van der Waals surface area contributed by atoms with Crippen molar-refractivity contribution in [2.45, 2.75) is 42.3 Å². The van der Waals surface area contributed by atoms with Gasteiger partial charge in [0.15, 0.2) is 6.10 Å². The van der Waals surface area contributed by atoms with Crippen LogP contribution in [0.1, 0.15) is 25.8 Å². The third-order valence-corrected chi connectivity index (χ3v) is 9.89. The Morgan fingerprint density at radius 3 is 2.24 bits per heavy atom. The van der Waals surface area contributed by atoms with Gasteiger partial charge in [-0.1, -0.05) is 48.2 Å². The Labute approximate surface area is 288 Å². The van der Waals surface area contributed by atoms with Gasteiger partial charge in [0, 0.05) is 72.4 Å². The Morgan fingerprint density at radius 2 is 1.51 bits per heavy atom. The fourth-order valence-corrected chi connectivity index (χ4v) is 7.32. The number of nitrogens with zero attached hydrogens (tertiary/aromatic N) is 3. The van der Waals surface area contributed by atoms with Crippen LogP contribution in [0, 0.1) is 0 Å². The van der Waals surface area contributed by atoms with Gasteiger partial charge in [-0.25, -0.2) is 4.79 Å². The van der Waals surface area contributed by atoms with Crippen molar-refractivity contribution >= 4 is 51.5 Å². The lowest BCUT2D eigenvalue weighted by atomic mass is 10.1. The van der Waals surface area contributed by atoms with Crippen molar-refractivity contribution in [3.63, 3.8) is 0 Å². The second kappa shape index (κ2) is 15.1. The van der Waals surface area contributed by atoms with Crippen molar-refractivity contribution in [1.82, 2.24) is 9.80 Å². The monoisotopic (exact) mass is 692 g/mol. The van der Waals surface area contributed by atoms with Gasteiger partial charge in [0.25, 0.3) is 0 Å². The number of anilines is 3. The summed E-state index contributed by atoms with van der Waals surface area (Å²) in [5.74, 6) is -0.0878. The minimum atomic E-state index is -4.40. The number of halogens is 3. The zero-order valence-electron chi connectivity index (χ0n) is 27.5. The highest BCUT2D eigenvalue weighted by atomic mass is 32.2. The summed E-state index contributed by atoms with van der Waals surface area (Å²) in [6, 6.07) is 22.9. The number of alkyl halides is 3. The molecule has 12 heteroatoms. The van der Waals surface area contributed by atoms with Crippen LogP contribution in [0.4, 0.5) is 30.2 Å². The Balaban J connectivity index is 0.951. The largest absolute Gasteiger partial charge is 0.478 e. The molecule has 1 amide bonds. The highest BCUT2D eigenvalue weighted by molar-refractivity contribution is 7.99. The maximum Gasteiger partial charge on any atom is 0.416 e. The summed E-state index contributed by atoms with van der Waals surface area (Å²) in [7, 11) is 0. The fourth-order valence-electron chi connectivity index (χ4n) is 6.24. The molecule has 0 radical (unpaired) electrons. The normalized spacial score (nSPS) is 15.7. The first-order valence-electron chi connectivity index (χ1n) is 16.4. The Bertz CT molecular complexity index is 1810. The molecule has 258 valence electrons. The summed E-state index contributed by atoms with van der Waals surface area (Å²) >= 11 is 1.50. The van der Waals surface area contributed by atoms with Crippen LogP contribution in [0.15, 0.2) is 88.7 Å². The number of para-hydroxylation sites is 1. The van der Waals surface area contributed by atoms with E-state index in [1.54, 1.807) is 25.1 Å². The zero-order chi connectivity index (χ0) is 34.5. The quantitative estimate of drug-likeness (QED) is 0.163. The minimum absolute atomic E-state index is 0.170. The second-order valence-corrected chi connectivity index (χ2v) is 13.3. The number of carbonyl (C=O) groups is 2. The number of hydrogen-bond acceptors (Lipinski definition) is 8. The van der Waals surface area contributed by atoms with Gasteiger partial charge >= 0.3 is 12.1 Å². The van der Waals surface area contributed by atoms with Crippen LogP contribution in [0.3, 0.4) is 0 Å². The summed E-state index contributed by atoms with van der Waals surface area (Å²) in [5, 5.41) is 4.42. The number of benzene rings is 4.